The average Bonchev–Trinajstić information content (AvgIpc) is 3.14. The fourth-order valence-corrected chi connectivity index (χ4v) is 13.0. The number of benzene rings is 6. The van der Waals surface area contributed by atoms with Gasteiger partial charge in [-0.2, -0.15) is 0 Å². The van der Waals surface area contributed by atoms with E-state index in [1.165, 1.54) is 0 Å². The number of hydrogen-bond acceptors (Lipinski definition) is 4. The normalized spacial score (nSPS) is 11.4. The molecule has 0 aromatic heterocycles. The van der Waals surface area contributed by atoms with E-state index in [4.69, 9.17) is 9.05 Å². The van der Waals surface area contributed by atoms with Crippen LogP contribution < -0.4 is 42.1 Å². The molecule has 226 valence electrons. The van der Waals surface area contributed by atoms with Gasteiger partial charge in [-0.15, -0.1) is 0 Å². The van der Waals surface area contributed by atoms with Crippen LogP contribution in [0.25, 0.3) is 0 Å². The summed E-state index contributed by atoms with van der Waals surface area (Å²) in [4.78, 5) is 0. The van der Waals surface area contributed by atoms with Gasteiger partial charge in [0.1, 0.15) is 0 Å². The first kappa shape index (κ1) is 30.8. The Balaban J connectivity index is 1.32. The van der Waals surface area contributed by atoms with E-state index in [1.807, 2.05) is 36.4 Å². The summed E-state index contributed by atoms with van der Waals surface area (Å²) in [6.07, 6.45) is 0. The fourth-order valence-electron chi connectivity index (χ4n) is 5.79. The zero-order chi connectivity index (χ0) is 31.7. The van der Waals surface area contributed by atoms with Crippen LogP contribution in [0.2, 0.25) is 0 Å². The van der Waals surface area contributed by atoms with E-state index in [9.17, 15) is 0 Å². The maximum Gasteiger partial charge on any atom is 0.321 e. The first-order chi connectivity index (χ1) is 22.6. The second kappa shape index (κ2) is 14.2. The van der Waals surface area contributed by atoms with Crippen LogP contribution in [-0.4, -0.2) is 16.6 Å². The molecule has 6 aromatic rings. The molecule has 0 atom stereocenters. The molecular weight excluding hydrogens is 597 g/mol. The summed E-state index contributed by atoms with van der Waals surface area (Å²) in [6.45, 7) is 8.63. The smallest absolute Gasteiger partial charge is 0.305 e. The third-order valence-electron chi connectivity index (χ3n) is 8.10. The topological polar surface area (TPSA) is 42.5 Å². The van der Waals surface area contributed by atoms with E-state index in [2.05, 4.69) is 170 Å². The van der Waals surface area contributed by atoms with E-state index in [1.54, 1.807) is 0 Å². The van der Waals surface area contributed by atoms with Crippen molar-refractivity contribution < 1.29 is 9.05 Å². The molecule has 0 amide bonds. The van der Waals surface area contributed by atoms with Crippen molar-refractivity contribution in [3.63, 3.8) is 0 Å². The highest BCUT2D eigenvalue weighted by atomic mass is 28.4. The van der Waals surface area contributed by atoms with Crippen LogP contribution in [0.4, 0.5) is 0 Å². The monoisotopic (exact) mass is 632 g/mol. The molecule has 0 unspecified atom stereocenters. The van der Waals surface area contributed by atoms with Crippen molar-refractivity contribution >= 4 is 47.8 Å². The van der Waals surface area contributed by atoms with Gasteiger partial charge in [0.2, 0.25) is 0 Å². The van der Waals surface area contributed by atoms with Gasteiger partial charge in [0.25, 0.3) is 0 Å². The van der Waals surface area contributed by atoms with Crippen LogP contribution in [0.15, 0.2) is 207 Å². The summed E-state index contributed by atoms with van der Waals surface area (Å²) < 4.78 is 13.8. The Labute approximate surface area is 273 Å². The van der Waals surface area contributed by atoms with Gasteiger partial charge in [-0.3, -0.25) is 11.0 Å². The van der Waals surface area contributed by atoms with Crippen LogP contribution in [-0.2, 0) is 9.05 Å². The lowest BCUT2D eigenvalue weighted by Gasteiger charge is -2.34. The summed E-state index contributed by atoms with van der Waals surface area (Å²) in [6, 6.07) is 62.3. The maximum atomic E-state index is 6.90. The summed E-state index contributed by atoms with van der Waals surface area (Å²) in [5, 5.41) is 6.62. The van der Waals surface area contributed by atoms with Gasteiger partial charge in [-0.25, -0.2) is 0 Å². The molecule has 2 N–H and O–H groups in total. The van der Waals surface area contributed by atoms with Crippen molar-refractivity contribution in [1.29, 1.82) is 0 Å². The Hall–Kier alpha value is -5.25. The molecule has 0 spiro atoms. The van der Waals surface area contributed by atoms with E-state index in [0.717, 1.165) is 31.1 Å². The molecule has 0 radical (unpaired) electrons. The molecule has 46 heavy (non-hydrogen) atoms. The van der Waals surface area contributed by atoms with Gasteiger partial charge in [0, 0.05) is 0 Å². The minimum atomic E-state index is -3.02. The van der Waals surface area contributed by atoms with Gasteiger partial charge in [0.15, 0.2) is 0 Å². The first-order valence-electron chi connectivity index (χ1n) is 15.2. The second-order valence-corrected chi connectivity index (χ2v) is 17.5. The lowest BCUT2D eigenvalue weighted by atomic mass is 10.3. The van der Waals surface area contributed by atoms with Gasteiger partial charge in [-0.05, 0) is 31.1 Å². The Bertz CT molecular complexity index is 1520. The standard InChI is InChI=1S/C40H36N2O2Si2/c1-33(41-43-45(35-21-9-3-10-22-35,36-23-11-4-12-24-36)37-25-13-5-14-26-37)34(2)42-44-46(38-27-15-6-16-28-38,39-29-17-7-18-30-39)40-31-19-8-20-32-40/h3-32,41-42H,1-2H2. The molecule has 0 fully saturated rings. The van der Waals surface area contributed by atoms with Crippen molar-refractivity contribution in [2.24, 2.45) is 0 Å². The molecule has 0 saturated carbocycles. The number of hydroxylamine groups is 2. The van der Waals surface area contributed by atoms with Gasteiger partial charge in [-0.1, -0.05) is 195 Å². The lowest BCUT2D eigenvalue weighted by Crippen LogP contribution is -2.71. The third-order valence-corrected chi connectivity index (χ3v) is 15.8. The molecule has 0 aliphatic rings. The zero-order valence-corrected chi connectivity index (χ0v) is 27.6. The highest BCUT2D eigenvalue weighted by molar-refractivity contribution is 7.07. The largest absolute Gasteiger partial charge is 0.321 e. The maximum absolute atomic E-state index is 6.90. The summed E-state index contributed by atoms with van der Waals surface area (Å²) in [5.41, 5.74) is 7.37. The predicted molar refractivity (Wildman–Crippen MR) is 195 cm³/mol. The van der Waals surface area contributed by atoms with Crippen molar-refractivity contribution in [3.05, 3.63) is 207 Å². The minimum absolute atomic E-state index is 0.469. The van der Waals surface area contributed by atoms with Gasteiger partial charge in [0.05, 0.1) is 11.4 Å². The molecule has 4 nitrogen and oxygen atoms in total. The van der Waals surface area contributed by atoms with Crippen LogP contribution in [0.1, 0.15) is 0 Å². The highest BCUT2D eigenvalue weighted by Gasteiger charge is 2.45. The quantitative estimate of drug-likeness (QED) is 0.0859. The number of hydrogen-bond donors (Lipinski definition) is 2. The van der Waals surface area contributed by atoms with E-state index >= 15 is 0 Å². The Kier molecular flexibility index (Phi) is 9.52. The molecule has 0 saturated heterocycles. The molecule has 6 rings (SSSR count). The van der Waals surface area contributed by atoms with E-state index in [-0.39, 0.29) is 0 Å². The first-order valence-corrected chi connectivity index (χ1v) is 19.1. The van der Waals surface area contributed by atoms with Crippen molar-refractivity contribution in [2.75, 3.05) is 0 Å². The predicted octanol–water partition coefficient (Wildman–Crippen LogP) is 4.39. The SMILES string of the molecule is C=C(NO[Si](c1ccccc1)(c1ccccc1)c1ccccc1)C(=C)NO[Si](c1ccccc1)(c1ccccc1)c1ccccc1. The van der Waals surface area contributed by atoms with Crippen LogP contribution >= 0.6 is 0 Å². The summed E-state index contributed by atoms with van der Waals surface area (Å²) in [7, 11) is -6.05. The Morgan fingerprint density at radius 2 is 0.500 bits per heavy atom. The summed E-state index contributed by atoms with van der Waals surface area (Å²) >= 11 is 0. The van der Waals surface area contributed by atoms with Crippen LogP contribution in [0.5, 0.6) is 0 Å². The van der Waals surface area contributed by atoms with Gasteiger partial charge >= 0.3 is 16.6 Å². The number of nitrogens with one attached hydrogen (secondary N) is 2. The van der Waals surface area contributed by atoms with Crippen molar-refractivity contribution in [2.45, 2.75) is 0 Å². The Morgan fingerprint density at radius 3 is 0.674 bits per heavy atom. The second-order valence-electron chi connectivity index (χ2n) is 10.9. The van der Waals surface area contributed by atoms with Gasteiger partial charge < -0.3 is 9.05 Å². The fraction of sp³-hybridized carbons (Fsp3) is 0. The third kappa shape index (κ3) is 6.15. The highest BCUT2D eigenvalue weighted by Crippen LogP contribution is 2.13. The molecule has 0 aliphatic carbocycles. The Morgan fingerprint density at radius 1 is 0.326 bits per heavy atom. The molecular formula is C40H36N2O2Si2. The van der Waals surface area contributed by atoms with E-state index in [0.29, 0.717) is 11.4 Å². The molecule has 0 bridgehead atoms. The van der Waals surface area contributed by atoms with Crippen molar-refractivity contribution in [1.82, 2.24) is 11.0 Å². The lowest BCUT2D eigenvalue weighted by molar-refractivity contribution is 0.206. The van der Waals surface area contributed by atoms with Crippen LogP contribution in [0.3, 0.4) is 0 Å². The molecule has 6 aromatic carbocycles. The zero-order valence-electron chi connectivity index (χ0n) is 25.6. The van der Waals surface area contributed by atoms with Crippen molar-refractivity contribution in [3.8, 4) is 0 Å². The summed E-state index contributed by atoms with van der Waals surface area (Å²) in [5.74, 6) is 0. The molecule has 6 heteroatoms. The molecule has 0 heterocycles. The minimum Gasteiger partial charge on any atom is -0.305 e. The number of rotatable bonds is 13. The molecule has 0 aliphatic heterocycles. The van der Waals surface area contributed by atoms with Crippen LogP contribution in [0, 0.1) is 0 Å². The van der Waals surface area contributed by atoms with E-state index < -0.39 is 16.6 Å². The average molecular weight is 633 g/mol.